The van der Waals surface area contributed by atoms with Gasteiger partial charge in [-0.1, -0.05) is 109 Å². The standard InChI is InChI=1S/C25H26N4O2.C16H16N4O.C9H13BO3.C9H8ClN3O.C7H9N/c1-4-31-21-10-11-24(18(2)12-21)29-17-22(20-15-27-28(3)16-20)23(13-25(29)30)26-14-19-8-6-5-7-9-19;1-20-11-13(9-19-20)14-10-18-16(21)7-15(14)17-8-12-5-3-2-4-6-12;1-3-13-8-4-5-9(10(11)12)7(2)6-8;1-13-5-6(3-12-13)7-4-11-9(14)2-8(7)10;8-6-7-4-2-1-3-5-7/h5-13,15-17,26H,4,14H2,1-3H3;2-7,9-11H,8H2,1H3,(H2,17,18,21);4-6,11-12H,3H2,1-2H3;2-5H,1H3,(H,11,14);1-5H,6,8H2. The van der Waals surface area contributed by atoms with Gasteiger partial charge in [0.15, 0.2) is 0 Å². The van der Waals surface area contributed by atoms with Crippen LogP contribution in [0.2, 0.25) is 5.02 Å². The van der Waals surface area contributed by atoms with E-state index in [1.807, 2.05) is 177 Å². The van der Waals surface area contributed by atoms with Crippen LogP contribution in [0.1, 0.15) is 41.7 Å². The first kappa shape index (κ1) is 64.6. The molecule has 0 saturated heterocycles. The van der Waals surface area contributed by atoms with E-state index in [2.05, 4.69) is 48.0 Å². The number of benzene rings is 5. The summed E-state index contributed by atoms with van der Waals surface area (Å²) >= 11 is 5.92. The summed E-state index contributed by atoms with van der Waals surface area (Å²) in [5.74, 6) is 1.55. The number of aromatic nitrogens is 9. The van der Waals surface area contributed by atoms with Crippen molar-refractivity contribution in [3.8, 4) is 50.6 Å². The molecule has 0 aliphatic rings. The lowest BCUT2D eigenvalue weighted by Gasteiger charge is -2.16. The number of hydrogen-bond acceptors (Lipinski definition) is 13. The first-order valence-corrected chi connectivity index (χ1v) is 28.4. The summed E-state index contributed by atoms with van der Waals surface area (Å²) < 4.78 is 17.7. The van der Waals surface area contributed by atoms with Crippen molar-refractivity contribution in [2.24, 2.45) is 26.9 Å². The smallest absolute Gasteiger partial charge is 0.488 e. The lowest BCUT2D eigenvalue weighted by molar-refractivity contribution is 0.340. The molecule has 5 aromatic carbocycles. The molecule has 0 unspecified atom stereocenters. The van der Waals surface area contributed by atoms with E-state index in [4.69, 9.17) is 36.9 Å². The number of nitrogens with zero attached hydrogens (tertiary/aromatic N) is 7. The molecule has 0 radical (unpaired) electrons. The van der Waals surface area contributed by atoms with Gasteiger partial charge in [0.05, 0.1) is 42.5 Å². The van der Waals surface area contributed by atoms with Crippen LogP contribution in [0, 0.1) is 13.8 Å². The van der Waals surface area contributed by atoms with Gasteiger partial charge in [0.2, 0.25) is 11.1 Å². The summed E-state index contributed by atoms with van der Waals surface area (Å²) in [6.45, 7) is 10.8. The fraction of sp³-hybridized carbons (Fsp3) is 0.182. The van der Waals surface area contributed by atoms with Gasteiger partial charge in [-0.15, -0.1) is 0 Å². The van der Waals surface area contributed by atoms with E-state index < -0.39 is 7.12 Å². The Hall–Kier alpha value is -9.99. The third-order valence-corrected chi connectivity index (χ3v) is 13.5. The topological polar surface area (TPSA) is 250 Å². The van der Waals surface area contributed by atoms with Gasteiger partial charge in [0, 0.05) is 141 Å². The summed E-state index contributed by atoms with van der Waals surface area (Å²) in [4.78, 5) is 40.9. The highest BCUT2D eigenvalue weighted by molar-refractivity contribution is 6.59. The summed E-state index contributed by atoms with van der Waals surface area (Å²) in [7, 11) is 4.17. The molecule has 19 nitrogen and oxygen atoms in total. The van der Waals surface area contributed by atoms with Crippen molar-refractivity contribution in [2.75, 3.05) is 23.8 Å². The normalized spacial score (nSPS) is 10.4. The van der Waals surface area contributed by atoms with Gasteiger partial charge in [-0.2, -0.15) is 15.3 Å². The van der Waals surface area contributed by atoms with Crippen LogP contribution < -0.4 is 48.0 Å². The Bertz CT molecular complexity index is 4110. The SMILES string of the molecule is CCOc1ccc(-n2cc(-c3cnn(C)c3)c(NCc3ccccc3)cc2=O)c(C)c1.CCOc1ccc(B(O)O)c(C)c1.Cn1cc(-c2c[nH]c(=O)cc2Cl)cn1.Cn1cc(-c2c[nH]c(=O)cc2NCc2ccccc2)cn1.NCc1ccccc1. The first-order valence-electron chi connectivity index (χ1n) is 28.0. The summed E-state index contributed by atoms with van der Waals surface area (Å²) in [5.41, 5.74) is 18.5. The average Bonchev–Trinajstić information content (AvgIpc) is 2.87. The van der Waals surface area contributed by atoms with Crippen LogP contribution >= 0.6 is 11.6 Å². The van der Waals surface area contributed by atoms with Crippen molar-refractivity contribution in [3.05, 3.63) is 265 Å². The van der Waals surface area contributed by atoms with E-state index in [1.54, 1.807) is 73.7 Å². The molecule has 448 valence electrons. The second-order valence-corrected chi connectivity index (χ2v) is 20.2. The van der Waals surface area contributed by atoms with E-state index in [-0.39, 0.29) is 16.7 Å². The van der Waals surface area contributed by atoms with Gasteiger partial charge >= 0.3 is 7.12 Å². The molecular formula is C66H72BClN12O7. The van der Waals surface area contributed by atoms with E-state index in [0.717, 1.165) is 84.2 Å². The van der Waals surface area contributed by atoms with Crippen LogP contribution in [0.25, 0.3) is 39.1 Å². The molecule has 6 heterocycles. The molecule has 0 atom stereocenters. The van der Waals surface area contributed by atoms with Crippen molar-refractivity contribution in [1.82, 2.24) is 43.9 Å². The fourth-order valence-electron chi connectivity index (χ4n) is 8.85. The van der Waals surface area contributed by atoms with Gasteiger partial charge in [0.1, 0.15) is 11.5 Å². The molecule has 11 aromatic rings. The predicted molar refractivity (Wildman–Crippen MR) is 348 cm³/mol. The van der Waals surface area contributed by atoms with Gasteiger partial charge in [-0.25, -0.2) is 0 Å². The lowest BCUT2D eigenvalue weighted by atomic mass is 9.77. The highest BCUT2D eigenvalue weighted by Crippen LogP contribution is 2.30. The molecule has 0 saturated carbocycles. The zero-order valence-electron chi connectivity index (χ0n) is 49.7. The van der Waals surface area contributed by atoms with E-state index in [0.29, 0.717) is 43.3 Å². The molecule has 21 heteroatoms. The number of aryl methyl sites for hydroxylation is 5. The molecule has 0 aliphatic carbocycles. The minimum absolute atomic E-state index is 0.101. The highest BCUT2D eigenvalue weighted by atomic mass is 35.5. The minimum atomic E-state index is -1.41. The first-order chi connectivity index (χ1) is 42.0. The number of hydrogen-bond donors (Lipinski definition) is 7. The van der Waals surface area contributed by atoms with Crippen molar-refractivity contribution in [2.45, 2.75) is 47.3 Å². The molecule has 0 bridgehead atoms. The molecular weight excluding hydrogens is 1120 g/mol. The zero-order chi connectivity index (χ0) is 62.2. The second kappa shape index (κ2) is 32.3. The molecule has 6 aromatic heterocycles. The Morgan fingerprint density at radius 2 is 1.00 bits per heavy atom. The summed E-state index contributed by atoms with van der Waals surface area (Å²) in [6, 6.07) is 45.7. The number of pyridine rings is 3. The highest BCUT2D eigenvalue weighted by Gasteiger charge is 2.16. The van der Waals surface area contributed by atoms with Crippen LogP contribution in [0.5, 0.6) is 11.5 Å². The lowest BCUT2D eigenvalue weighted by Crippen LogP contribution is -2.31. The Morgan fingerprint density at radius 3 is 1.44 bits per heavy atom. The van der Waals surface area contributed by atoms with Crippen LogP contribution in [0.15, 0.2) is 216 Å². The number of ether oxygens (including phenoxy) is 2. The quantitative estimate of drug-likeness (QED) is 0.0446. The minimum Gasteiger partial charge on any atom is -0.494 e. The molecule has 0 spiro atoms. The van der Waals surface area contributed by atoms with Gasteiger partial charge < -0.3 is 45.9 Å². The van der Waals surface area contributed by atoms with E-state index in [1.165, 1.54) is 11.6 Å². The van der Waals surface area contributed by atoms with Crippen LogP contribution in [0.4, 0.5) is 11.4 Å². The Balaban J connectivity index is 0.000000167. The number of halogens is 1. The third kappa shape index (κ3) is 19.3. The van der Waals surface area contributed by atoms with Crippen molar-refractivity contribution < 1.29 is 19.5 Å². The Labute approximate surface area is 510 Å². The maximum Gasteiger partial charge on any atom is 0.488 e. The number of anilines is 2. The monoisotopic (exact) mass is 1190 g/mol. The van der Waals surface area contributed by atoms with E-state index >= 15 is 0 Å². The second-order valence-electron chi connectivity index (χ2n) is 19.8. The van der Waals surface area contributed by atoms with Gasteiger partial charge in [0.25, 0.3) is 5.56 Å². The van der Waals surface area contributed by atoms with Crippen LogP contribution in [-0.4, -0.2) is 74.3 Å². The number of nitrogens with two attached hydrogens (primary N) is 1. The van der Waals surface area contributed by atoms with Crippen molar-refractivity contribution >= 4 is 35.6 Å². The Morgan fingerprint density at radius 1 is 0.552 bits per heavy atom. The maximum atomic E-state index is 13.1. The average molecular weight is 1190 g/mol. The molecule has 0 amide bonds. The fourth-order valence-corrected chi connectivity index (χ4v) is 9.12. The number of rotatable bonds is 16. The predicted octanol–water partition coefficient (Wildman–Crippen LogP) is 9.59. The number of nitrogens with one attached hydrogen (secondary N) is 4. The molecule has 11 rings (SSSR count). The van der Waals surface area contributed by atoms with Crippen molar-refractivity contribution in [3.63, 3.8) is 0 Å². The number of aromatic amines is 2. The maximum absolute atomic E-state index is 13.1. The van der Waals surface area contributed by atoms with Crippen LogP contribution in [0.3, 0.4) is 0 Å². The van der Waals surface area contributed by atoms with Gasteiger partial charge in [-0.3, -0.25) is 33.0 Å². The molecule has 0 aliphatic heterocycles. The molecule has 0 fully saturated rings. The van der Waals surface area contributed by atoms with Gasteiger partial charge in [-0.05, 0) is 91.3 Å². The third-order valence-electron chi connectivity index (χ3n) is 13.2. The summed E-state index contributed by atoms with van der Waals surface area (Å²) in [6.07, 6.45) is 16.2. The van der Waals surface area contributed by atoms with Crippen molar-refractivity contribution in [1.29, 1.82) is 0 Å². The van der Waals surface area contributed by atoms with Crippen LogP contribution in [-0.2, 0) is 40.8 Å². The largest absolute Gasteiger partial charge is 0.494 e. The summed E-state index contributed by atoms with van der Waals surface area (Å²) in [5, 5.41) is 37.6. The zero-order valence-corrected chi connectivity index (χ0v) is 50.4. The van der Waals surface area contributed by atoms with E-state index in [9.17, 15) is 14.4 Å². The Kier molecular flexibility index (Phi) is 24.0. The number of H-pyrrole nitrogens is 2. The molecule has 8 N–H and O–H groups in total. The molecule has 87 heavy (non-hydrogen) atoms.